The van der Waals surface area contributed by atoms with Crippen LogP contribution < -0.4 is 15.6 Å². The summed E-state index contributed by atoms with van der Waals surface area (Å²) in [5, 5.41) is 4.62. The van der Waals surface area contributed by atoms with Gasteiger partial charge in [0.05, 0.1) is 11.6 Å². The van der Waals surface area contributed by atoms with Gasteiger partial charge in [-0.25, -0.2) is 4.98 Å². The van der Waals surface area contributed by atoms with E-state index in [-0.39, 0.29) is 17.2 Å². The molecule has 0 saturated carbocycles. The molecule has 1 N–H and O–H groups in total. The number of rotatable bonds is 2. The van der Waals surface area contributed by atoms with Gasteiger partial charge in [0.25, 0.3) is 5.56 Å². The Morgan fingerprint density at radius 2 is 1.75 bits per heavy atom. The molecular weight excluding hydrogens is 374 g/mol. The van der Waals surface area contributed by atoms with E-state index in [9.17, 15) is 9.59 Å². The van der Waals surface area contributed by atoms with E-state index in [1.54, 1.807) is 18.5 Å². The van der Waals surface area contributed by atoms with E-state index in [1.165, 1.54) is 15.7 Å². The Bertz CT molecular complexity index is 1250. The maximum Gasteiger partial charge on any atom is 0.282 e. The molecule has 0 unspecified atom stereocenters. The molecule has 2 aromatic heterocycles. The second-order valence-corrected chi connectivity index (χ2v) is 7.41. The SMILES string of the molecule is Cc1nc2sccn2c(=O)c1NC(=O)C1c2ccccc2Oc2ccccc21. The van der Waals surface area contributed by atoms with Crippen molar-refractivity contribution in [1.29, 1.82) is 0 Å². The van der Waals surface area contributed by atoms with Crippen molar-refractivity contribution in [2.24, 2.45) is 0 Å². The van der Waals surface area contributed by atoms with Gasteiger partial charge in [-0.1, -0.05) is 36.4 Å². The van der Waals surface area contributed by atoms with Crippen LogP contribution >= 0.6 is 11.3 Å². The number of para-hydroxylation sites is 2. The number of nitrogens with one attached hydrogen (secondary N) is 1. The van der Waals surface area contributed by atoms with E-state index in [0.717, 1.165) is 11.1 Å². The van der Waals surface area contributed by atoms with Crippen LogP contribution in [0.3, 0.4) is 0 Å². The molecule has 0 aliphatic carbocycles. The van der Waals surface area contributed by atoms with Crippen LogP contribution in [0.25, 0.3) is 4.96 Å². The number of aryl methyl sites for hydroxylation is 1. The normalized spacial score (nSPS) is 12.9. The molecule has 138 valence electrons. The lowest BCUT2D eigenvalue weighted by Gasteiger charge is -2.27. The Balaban J connectivity index is 1.61. The lowest BCUT2D eigenvalue weighted by molar-refractivity contribution is -0.116. The average molecular weight is 389 g/mol. The summed E-state index contributed by atoms with van der Waals surface area (Å²) in [5.74, 6) is 0.408. The lowest BCUT2D eigenvalue weighted by atomic mass is 9.87. The number of carbonyl (C=O) groups is 1. The average Bonchev–Trinajstić information content (AvgIpc) is 3.17. The fourth-order valence-corrected chi connectivity index (χ4v) is 4.26. The molecular formula is C21H15N3O3S. The largest absolute Gasteiger partial charge is 0.457 e. The Kier molecular flexibility index (Phi) is 3.77. The van der Waals surface area contributed by atoms with Crippen molar-refractivity contribution in [3.8, 4) is 11.5 Å². The number of amides is 1. The number of benzene rings is 2. The monoisotopic (exact) mass is 389 g/mol. The quantitative estimate of drug-likeness (QED) is 0.564. The Labute approximate surface area is 164 Å². The zero-order chi connectivity index (χ0) is 19.3. The van der Waals surface area contributed by atoms with Crippen molar-refractivity contribution >= 4 is 27.9 Å². The van der Waals surface area contributed by atoms with Crippen molar-refractivity contribution in [2.75, 3.05) is 5.32 Å². The molecule has 28 heavy (non-hydrogen) atoms. The van der Waals surface area contributed by atoms with Crippen LogP contribution in [0.4, 0.5) is 5.69 Å². The molecule has 1 aliphatic rings. The number of hydrogen-bond acceptors (Lipinski definition) is 5. The van der Waals surface area contributed by atoms with E-state index in [0.29, 0.717) is 22.2 Å². The second-order valence-electron chi connectivity index (χ2n) is 6.53. The van der Waals surface area contributed by atoms with Gasteiger partial charge < -0.3 is 10.1 Å². The highest BCUT2D eigenvalue weighted by Crippen LogP contribution is 2.44. The Morgan fingerprint density at radius 3 is 2.43 bits per heavy atom. The van der Waals surface area contributed by atoms with Crippen LogP contribution in [0.5, 0.6) is 11.5 Å². The van der Waals surface area contributed by atoms with Gasteiger partial charge >= 0.3 is 0 Å². The molecule has 7 heteroatoms. The number of anilines is 1. The number of carbonyl (C=O) groups excluding carboxylic acids is 1. The molecule has 0 fully saturated rings. The summed E-state index contributed by atoms with van der Waals surface area (Å²) in [6, 6.07) is 14.9. The molecule has 1 aliphatic heterocycles. The standard InChI is InChI=1S/C21H15N3O3S/c1-12-18(20(26)24-10-11-28-21(24)22-12)23-19(25)17-13-6-2-4-8-15(13)27-16-9-5-3-7-14(16)17/h2-11,17H,1H3,(H,23,25). The van der Waals surface area contributed by atoms with E-state index in [2.05, 4.69) is 10.3 Å². The predicted molar refractivity (Wildman–Crippen MR) is 108 cm³/mol. The van der Waals surface area contributed by atoms with Crippen LogP contribution in [0, 0.1) is 6.92 Å². The second kappa shape index (κ2) is 6.31. The summed E-state index contributed by atoms with van der Waals surface area (Å²) in [6.45, 7) is 1.72. The van der Waals surface area contributed by atoms with Crippen LogP contribution in [-0.4, -0.2) is 15.3 Å². The fourth-order valence-electron chi connectivity index (χ4n) is 3.51. The highest BCUT2D eigenvalue weighted by molar-refractivity contribution is 7.15. The van der Waals surface area contributed by atoms with Crippen LogP contribution in [-0.2, 0) is 4.79 Å². The minimum absolute atomic E-state index is 0.197. The van der Waals surface area contributed by atoms with E-state index >= 15 is 0 Å². The van der Waals surface area contributed by atoms with Gasteiger partial charge in [0.2, 0.25) is 5.91 Å². The summed E-state index contributed by atoms with van der Waals surface area (Å²) in [7, 11) is 0. The summed E-state index contributed by atoms with van der Waals surface area (Å²) < 4.78 is 7.39. The van der Waals surface area contributed by atoms with Gasteiger partial charge in [0.1, 0.15) is 17.2 Å². The first-order chi connectivity index (χ1) is 13.6. The minimum atomic E-state index is -0.580. The molecule has 0 atom stereocenters. The topological polar surface area (TPSA) is 72.7 Å². The predicted octanol–water partition coefficient (Wildman–Crippen LogP) is 3.94. The molecule has 0 saturated heterocycles. The molecule has 4 aromatic rings. The smallest absolute Gasteiger partial charge is 0.282 e. The summed E-state index contributed by atoms with van der Waals surface area (Å²) in [6.07, 6.45) is 1.66. The number of hydrogen-bond donors (Lipinski definition) is 1. The van der Waals surface area contributed by atoms with E-state index in [4.69, 9.17) is 4.74 Å². The van der Waals surface area contributed by atoms with Gasteiger partial charge in [-0.2, -0.15) is 0 Å². The van der Waals surface area contributed by atoms with Gasteiger partial charge in [-0.15, -0.1) is 11.3 Å². The lowest BCUT2D eigenvalue weighted by Crippen LogP contribution is -2.29. The molecule has 3 heterocycles. The van der Waals surface area contributed by atoms with Gasteiger partial charge in [0, 0.05) is 22.7 Å². The summed E-state index contributed by atoms with van der Waals surface area (Å²) >= 11 is 1.38. The highest BCUT2D eigenvalue weighted by Gasteiger charge is 2.33. The first kappa shape index (κ1) is 16.7. The molecule has 5 rings (SSSR count). The molecule has 2 aromatic carbocycles. The van der Waals surface area contributed by atoms with Crippen LogP contribution in [0.15, 0.2) is 64.9 Å². The van der Waals surface area contributed by atoms with Crippen molar-refractivity contribution in [1.82, 2.24) is 9.38 Å². The minimum Gasteiger partial charge on any atom is -0.457 e. The first-order valence-electron chi connectivity index (χ1n) is 8.76. The molecule has 1 amide bonds. The van der Waals surface area contributed by atoms with Gasteiger partial charge in [-0.3, -0.25) is 14.0 Å². The maximum atomic E-state index is 13.3. The molecule has 0 radical (unpaired) electrons. The maximum absolute atomic E-state index is 13.3. The van der Waals surface area contributed by atoms with Crippen molar-refractivity contribution in [3.05, 3.63) is 87.3 Å². The first-order valence-corrected chi connectivity index (χ1v) is 9.64. The summed E-state index contributed by atoms with van der Waals surface area (Å²) in [5.41, 5.74) is 1.93. The zero-order valence-electron chi connectivity index (χ0n) is 14.9. The molecule has 0 spiro atoms. The number of fused-ring (bicyclic) bond motifs is 3. The highest BCUT2D eigenvalue weighted by atomic mass is 32.1. The number of ether oxygens (including phenoxy) is 1. The van der Waals surface area contributed by atoms with E-state index in [1.807, 2.05) is 48.5 Å². The van der Waals surface area contributed by atoms with E-state index < -0.39 is 5.92 Å². The van der Waals surface area contributed by atoms with Crippen molar-refractivity contribution in [2.45, 2.75) is 12.8 Å². The molecule has 0 bridgehead atoms. The van der Waals surface area contributed by atoms with Crippen molar-refractivity contribution in [3.63, 3.8) is 0 Å². The fraction of sp³-hybridized carbons (Fsp3) is 0.0952. The van der Waals surface area contributed by atoms with Gasteiger partial charge in [0.15, 0.2) is 4.96 Å². The number of thiazole rings is 1. The summed E-state index contributed by atoms with van der Waals surface area (Å²) in [4.78, 5) is 31.2. The van der Waals surface area contributed by atoms with Gasteiger partial charge in [-0.05, 0) is 19.1 Å². The van der Waals surface area contributed by atoms with Crippen molar-refractivity contribution < 1.29 is 9.53 Å². The third kappa shape index (κ3) is 2.51. The Hall–Kier alpha value is -3.45. The number of aromatic nitrogens is 2. The van der Waals surface area contributed by atoms with Crippen LogP contribution in [0.2, 0.25) is 0 Å². The van der Waals surface area contributed by atoms with Crippen LogP contribution in [0.1, 0.15) is 22.7 Å². The molecule has 6 nitrogen and oxygen atoms in total. The third-order valence-electron chi connectivity index (χ3n) is 4.84. The Morgan fingerprint density at radius 1 is 1.11 bits per heavy atom. The zero-order valence-corrected chi connectivity index (χ0v) is 15.7. The number of nitrogens with zero attached hydrogens (tertiary/aromatic N) is 2. The third-order valence-corrected chi connectivity index (χ3v) is 5.59.